The molecule has 0 bridgehead atoms. The van der Waals surface area contributed by atoms with Crippen LogP contribution in [-0.2, 0) is 0 Å². The lowest BCUT2D eigenvalue weighted by Gasteiger charge is -1.99. The molecular weight excluding hydrogens is 236 g/mol. The van der Waals surface area contributed by atoms with Gasteiger partial charge in [0.25, 0.3) is 5.70 Å². The van der Waals surface area contributed by atoms with Crippen molar-refractivity contribution in [2.45, 2.75) is 6.42 Å². The molecule has 0 N–H and O–H groups in total. The Kier molecular flexibility index (Phi) is 3.12. The van der Waals surface area contributed by atoms with Gasteiger partial charge < -0.3 is 0 Å². The fraction of sp³-hybridized carbons (Fsp3) is 0.0667. The molecule has 4 heteroatoms. The van der Waals surface area contributed by atoms with Gasteiger partial charge in [0.2, 0.25) is 0 Å². The van der Waals surface area contributed by atoms with Gasteiger partial charge in [-0.05, 0) is 28.7 Å². The lowest BCUT2D eigenvalue weighted by Crippen LogP contribution is -1.83. The van der Waals surface area contributed by atoms with Gasteiger partial charge in [-0.2, -0.15) is 10.5 Å². The number of fused-ring (bicyclic) bond motifs is 1. The molecule has 2 rings (SSSR count). The van der Waals surface area contributed by atoms with E-state index in [4.69, 9.17) is 22.4 Å². The van der Waals surface area contributed by atoms with Gasteiger partial charge in [-0.3, -0.25) is 0 Å². The van der Waals surface area contributed by atoms with E-state index >= 15 is 0 Å². The van der Waals surface area contributed by atoms with Crippen LogP contribution in [0.2, 0.25) is 0 Å². The Morgan fingerprint density at radius 3 is 2.05 bits per heavy atom. The van der Waals surface area contributed by atoms with Gasteiger partial charge in [0.05, 0.1) is 12.6 Å². The third-order valence-corrected chi connectivity index (χ3v) is 2.96. The highest BCUT2D eigenvalue weighted by atomic mass is 14.7. The smallest absolute Gasteiger partial charge is 0.226 e. The second-order valence-electron chi connectivity index (χ2n) is 3.85. The minimum Gasteiger partial charge on any atom is -0.226 e. The first-order valence-electron chi connectivity index (χ1n) is 5.40. The number of nitrogens with zero attached hydrogens (tertiary/aromatic N) is 4. The topological polar surface area (TPSA) is 75.7 Å². The molecule has 0 fully saturated rings. The van der Waals surface area contributed by atoms with Crippen LogP contribution >= 0.6 is 0 Å². The zero-order valence-electron chi connectivity index (χ0n) is 9.81. The largest absolute Gasteiger partial charge is 0.266 e. The van der Waals surface area contributed by atoms with Gasteiger partial charge >= 0.3 is 0 Å². The van der Waals surface area contributed by atoms with Crippen LogP contribution in [0, 0.1) is 40.6 Å². The van der Waals surface area contributed by atoms with E-state index in [0.717, 1.165) is 11.1 Å². The third-order valence-electron chi connectivity index (χ3n) is 2.96. The number of nitriles is 3. The summed E-state index contributed by atoms with van der Waals surface area (Å²) in [6.45, 7) is 7.03. The fourth-order valence-electron chi connectivity index (χ4n) is 2.13. The first-order chi connectivity index (χ1) is 9.26. The van der Waals surface area contributed by atoms with E-state index in [0.29, 0.717) is 11.1 Å². The summed E-state index contributed by atoms with van der Waals surface area (Å²) in [5.74, 6) is 0. The van der Waals surface area contributed by atoms with Crippen molar-refractivity contribution >= 4 is 11.1 Å². The van der Waals surface area contributed by atoms with Crippen LogP contribution < -0.4 is 0 Å². The molecule has 0 aliphatic heterocycles. The van der Waals surface area contributed by atoms with Crippen LogP contribution in [-0.4, -0.2) is 0 Å². The molecule has 0 saturated carbocycles. The maximum atomic E-state index is 8.98. The highest BCUT2D eigenvalue weighted by molar-refractivity contribution is 5.97. The molecular formula is C15H6N4. The van der Waals surface area contributed by atoms with Crippen molar-refractivity contribution < 1.29 is 0 Å². The minimum absolute atomic E-state index is 0.0117. The van der Waals surface area contributed by atoms with E-state index in [1.54, 1.807) is 24.3 Å². The monoisotopic (exact) mass is 242 g/mol. The molecule has 0 aromatic heterocycles. The lowest BCUT2D eigenvalue weighted by atomic mass is 10.0. The van der Waals surface area contributed by atoms with Crippen molar-refractivity contribution in [1.29, 1.82) is 15.8 Å². The summed E-state index contributed by atoms with van der Waals surface area (Å²) < 4.78 is 0. The predicted molar refractivity (Wildman–Crippen MR) is 68.3 cm³/mol. The van der Waals surface area contributed by atoms with E-state index < -0.39 is 0 Å². The van der Waals surface area contributed by atoms with Gasteiger partial charge in [0.15, 0.2) is 0 Å². The summed E-state index contributed by atoms with van der Waals surface area (Å²) in [6, 6.07) is 12.8. The zero-order valence-corrected chi connectivity index (χ0v) is 9.81. The van der Waals surface area contributed by atoms with Crippen LogP contribution in [0.1, 0.15) is 17.5 Å². The Hall–Kier alpha value is -3.34. The number of allylic oxidation sites excluding steroid dienone is 4. The molecule has 19 heavy (non-hydrogen) atoms. The maximum absolute atomic E-state index is 8.98. The molecule has 0 atom stereocenters. The summed E-state index contributed by atoms with van der Waals surface area (Å²) in [5, 5.41) is 26.9. The quantitative estimate of drug-likeness (QED) is 0.518. The Morgan fingerprint density at radius 2 is 1.58 bits per heavy atom. The highest BCUT2D eigenvalue weighted by Gasteiger charge is 2.26. The van der Waals surface area contributed by atoms with Crippen molar-refractivity contribution in [2.75, 3.05) is 0 Å². The van der Waals surface area contributed by atoms with Crippen molar-refractivity contribution in [2.24, 2.45) is 0 Å². The van der Waals surface area contributed by atoms with E-state index in [-0.39, 0.29) is 17.7 Å². The predicted octanol–water partition coefficient (Wildman–Crippen LogP) is 3.05. The summed E-state index contributed by atoms with van der Waals surface area (Å²) >= 11 is 0. The molecule has 1 aliphatic carbocycles. The average molecular weight is 242 g/mol. The summed E-state index contributed by atoms with van der Waals surface area (Å²) in [6.07, 6.45) is 0.279. The molecule has 0 radical (unpaired) electrons. The summed E-state index contributed by atoms with van der Waals surface area (Å²) in [4.78, 5) is 3.21. The Labute approximate surface area is 110 Å². The van der Waals surface area contributed by atoms with E-state index in [1.165, 1.54) is 0 Å². The van der Waals surface area contributed by atoms with Crippen molar-refractivity contribution in [3.8, 4) is 18.2 Å². The van der Waals surface area contributed by atoms with Crippen LogP contribution in [0.3, 0.4) is 0 Å². The zero-order chi connectivity index (χ0) is 13.8. The van der Waals surface area contributed by atoms with Gasteiger partial charge in [0.1, 0.15) is 17.7 Å². The molecule has 0 spiro atoms. The Bertz CT molecular complexity index is 684. The van der Waals surface area contributed by atoms with Crippen molar-refractivity contribution in [3.05, 3.63) is 58.1 Å². The maximum Gasteiger partial charge on any atom is 0.266 e. The minimum atomic E-state index is 0.0117. The first-order valence-corrected chi connectivity index (χ1v) is 5.40. The van der Waals surface area contributed by atoms with Gasteiger partial charge in [-0.1, -0.05) is 24.3 Å². The SMILES string of the molecule is [C-]#[N+]C(C#N)=C1CC(=C(C#N)C#N)c2ccccc21. The number of hydrogen-bond donors (Lipinski definition) is 0. The molecule has 86 valence electrons. The molecule has 0 unspecified atom stereocenters. The summed E-state index contributed by atoms with van der Waals surface area (Å²) in [5.41, 5.74) is 2.74. The lowest BCUT2D eigenvalue weighted by molar-refractivity contribution is 1.41. The van der Waals surface area contributed by atoms with Gasteiger partial charge in [0, 0.05) is 0 Å². The molecule has 1 aliphatic rings. The van der Waals surface area contributed by atoms with Crippen LogP contribution in [0.5, 0.6) is 0 Å². The van der Waals surface area contributed by atoms with E-state index in [2.05, 4.69) is 4.85 Å². The Balaban J connectivity index is 2.82. The molecule has 1 aromatic rings. The molecule has 4 nitrogen and oxygen atoms in total. The summed E-state index contributed by atoms with van der Waals surface area (Å²) in [7, 11) is 0. The van der Waals surface area contributed by atoms with E-state index in [9.17, 15) is 0 Å². The number of rotatable bonds is 0. The second-order valence-corrected chi connectivity index (χ2v) is 3.85. The van der Waals surface area contributed by atoms with Crippen LogP contribution in [0.15, 0.2) is 35.5 Å². The van der Waals surface area contributed by atoms with E-state index in [1.807, 2.05) is 18.2 Å². The third kappa shape index (κ3) is 1.85. The normalized spacial score (nSPS) is 14.4. The highest BCUT2D eigenvalue weighted by Crippen LogP contribution is 2.43. The first kappa shape index (κ1) is 12.1. The van der Waals surface area contributed by atoms with Crippen molar-refractivity contribution in [1.82, 2.24) is 0 Å². The fourth-order valence-corrected chi connectivity index (χ4v) is 2.13. The van der Waals surface area contributed by atoms with Crippen LogP contribution in [0.25, 0.3) is 16.0 Å². The molecule has 0 heterocycles. The molecule has 0 amide bonds. The molecule has 1 aromatic carbocycles. The average Bonchev–Trinajstić information content (AvgIpc) is 2.82. The molecule has 0 saturated heterocycles. The van der Waals surface area contributed by atoms with Gasteiger partial charge in [-0.15, -0.1) is 0 Å². The Morgan fingerprint density at radius 1 is 1.00 bits per heavy atom. The second kappa shape index (κ2) is 4.89. The number of benzene rings is 1. The van der Waals surface area contributed by atoms with Crippen molar-refractivity contribution in [3.63, 3.8) is 0 Å². The number of hydrogen-bond acceptors (Lipinski definition) is 3. The van der Waals surface area contributed by atoms with Crippen LogP contribution in [0.4, 0.5) is 0 Å². The van der Waals surface area contributed by atoms with Gasteiger partial charge in [-0.25, -0.2) is 10.1 Å². The standard InChI is InChI=1S/C15H6N4/c1-19-15(9-18)14-6-13(10(7-16)8-17)11-4-2-3-5-12(11)14/h2-5H,6H2.